The first-order valence-electron chi connectivity index (χ1n) is 4.70. The fourth-order valence-electron chi connectivity index (χ4n) is 2.03. The molecule has 3 nitrogen and oxygen atoms in total. The number of aromatic nitrogens is 2. The minimum absolute atomic E-state index is 0. The van der Waals surface area contributed by atoms with Gasteiger partial charge < -0.3 is 5.73 Å². The predicted molar refractivity (Wildman–Crippen MR) is 76.1 cm³/mol. The van der Waals surface area contributed by atoms with Crippen LogP contribution in [0.5, 0.6) is 0 Å². The molecule has 0 unspecified atom stereocenters. The van der Waals surface area contributed by atoms with Crippen LogP contribution in [-0.2, 0) is 0 Å². The van der Waals surface area contributed by atoms with E-state index in [0.29, 0.717) is 11.9 Å². The Hall–Kier alpha value is 0.320. The summed E-state index contributed by atoms with van der Waals surface area (Å²) in [6, 6.07) is 0.603. The second-order valence-corrected chi connectivity index (χ2v) is 4.75. The van der Waals surface area contributed by atoms with Crippen molar-refractivity contribution in [2.75, 3.05) is 5.73 Å². The van der Waals surface area contributed by atoms with E-state index in [1.165, 1.54) is 31.4 Å². The van der Waals surface area contributed by atoms with Gasteiger partial charge in [0, 0.05) is 0 Å². The lowest BCUT2D eigenvalue weighted by atomic mass is 10.2. The molecule has 0 bridgehead atoms. The van der Waals surface area contributed by atoms with Crippen molar-refractivity contribution in [1.82, 2.24) is 9.78 Å². The van der Waals surface area contributed by atoms with E-state index in [2.05, 4.69) is 39.3 Å². The molecule has 1 heterocycles. The number of hydrogen-bond acceptors (Lipinski definition) is 2. The highest BCUT2D eigenvalue weighted by molar-refractivity contribution is 14.1. The maximum Gasteiger partial charge on any atom is 0.159 e. The van der Waals surface area contributed by atoms with Gasteiger partial charge in [-0.3, -0.25) is 4.68 Å². The molecule has 6 heteroatoms. The van der Waals surface area contributed by atoms with E-state index in [0.717, 1.165) is 3.57 Å². The van der Waals surface area contributed by atoms with Crippen molar-refractivity contribution in [3.05, 3.63) is 9.26 Å². The maximum atomic E-state index is 5.77. The number of nitrogen functional groups attached to an aromatic ring is 1. The van der Waals surface area contributed by atoms with E-state index < -0.39 is 0 Å². The Labute approximate surface area is 116 Å². The topological polar surface area (TPSA) is 43.8 Å². The molecule has 1 saturated carbocycles. The van der Waals surface area contributed by atoms with Crippen LogP contribution in [0.2, 0.25) is 0 Å². The Balaban J connectivity index is 0.000000980. The molecule has 1 aromatic heterocycles. The first kappa shape index (κ1) is 15.3. The van der Waals surface area contributed by atoms with Gasteiger partial charge in [-0.05, 0) is 42.4 Å². The summed E-state index contributed by atoms with van der Waals surface area (Å²) in [7, 11) is 0. The van der Waals surface area contributed by atoms with E-state index in [4.69, 9.17) is 5.73 Å². The van der Waals surface area contributed by atoms with Crippen molar-refractivity contribution in [2.45, 2.75) is 38.6 Å². The summed E-state index contributed by atoms with van der Waals surface area (Å²) in [5.41, 5.74) is 7.00. The summed E-state index contributed by atoms with van der Waals surface area (Å²) < 4.78 is 3.23. The van der Waals surface area contributed by atoms with Gasteiger partial charge in [0.05, 0.1) is 15.3 Å². The van der Waals surface area contributed by atoms with Gasteiger partial charge in [-0.25, -0.2) is 0 Å². The van der Waals surface area contributed by atoms with Crippen LogP contribution in [0.4, 0.5) is 5.82 Å². The van der Waals surface area contributed by atoms with Gasteiger partial charge in [0.2, 0.25) is 0 Å². The molecule has 1 aromatic rings. The summed E-state index contributed by atoms with van der Waals surface area (Å²) in [6.45, 7) is 2.10. The molecule has 2 N–H and O–H groups in total. The average molecular weight is 364 g/mol. The third kappa shape index (κ3) is 2.91. The Kier molecular flexibility index (Phi) is 6.28. The summed E-state index contributed by atoms with van der Waals surface area (Å²) in [6.07, 6.45) is 5.19. The maximum absolute atomic E-state index is 5.77. The second kappa shape index (κ2) is 6.15. The van der Waals surface area contributed by atoms with Crippen LogP contribution in [0, 0.1) is 10.5 Å². The van der Waals surface area contributed by atoms with Crippen molar-refractivity contribution in [3.63, 3.8) is 0 Å². The van der Waals surface area contributed by atoms with Crippen LogP contribution in [-0.4, -0.2) is 9.78 Å². The first-order chi connectivity index (χ1) is 6.20. The Bertz CT molecular complexity index is 321. The highest BCUT2D eigenvalue weighted by Gasteiger charge is 2.21. The molecule has 2 rings (SSSR count). The molecular formula is C9H16Cl2IN3. The van der Waals surface area contributed by atoms with Crippen LogP contribution in [0.15, 0.2) is 0 Å². The largest absolute Gasteiger partial charge is 0.381 e. The molecule has 0 radical (unpaired) electrons. The standard InChI is InChI=1S/C9H14IN3.2ClH/c1-6-8(10)9(11)12-13(6)7-4-2-3-5-7;;/h7H,2-5H2,1H3,(H2,11,12);2*1H. The number of rotatable bonds is 1. The zero-order valence-electron chi connectivity index (χ0n) is 8.57. The third-order valence-corrected chi connectivity index (χ3v) is 4.11. The number of nitrogens with two attached hydrogens (primary N) is 1. The van der Waals surface area contributed by atoms with Crippen LogP contribution in [0.3, 0.4) is 0 Å². The molecule has 15 heavy (non-hydrogen) atoms. The molecule has 1 aliphatic rings. The van der Waals surface area contributed by atoms with Crippen LogP contribution >= 0.6 is 47.4 Å². The zero-order chi connectivity index (χ0) is 9.42. The normalized spacial score (nSPS) is 15.9. The number of anilines is 1. The van der Waals surface area contributed by atoms with Crippen molar-refractivity contribution < 1.29 is 0 Å². The van der Waals surface area contributed by atoms with Gasteiger partial charge >= 0.3 is 0 Å². The van der Waals surface area contributed by atoms with Crippen LogP contribution in [0.1, 0.15) is 37.4 Å². The van der Waals surface area contributed by atoms with Crippen LogP contribution < -0.4 is 5.73 Å². The second-order valence-electron chi connectivity index (χ2n) is 3.67. The summed E-state index contributed by atoms with van der Waals surface area (Å²) in [5, 5.41) is 4.38. The van der Waals surface area contributed by atoms with Gasteiger partial charge in [0.1, 0.15) is 0 Å². The molecular weight excluding hydrogens is 348 g/mol. The minimum Gasteiger partial charge on any atom is -0.381 e. The Morgan fingerprint density at radius 2 is 1.87 bits per heavy atom. The van der Waals surface area contributed by atoms with E-state index in [9.17, 15) is 0 Å². The fourth-order valence-corrected chi connectivity index (χ4v) is 2.38. The predicted octanol–water partition coefficient (Wildman–Crippen LogP) is 3.34. The summed E-state index contributed by atoms with van der Waals surface area (Å²) in [4.78, 5) is 0. The molecule has 0 aliphatic heterocycles. The summed E-state index contributed by atoms with van der Waals surface area (Å²) in [5.74, 6) is 0.685. The SMILES string of the molecule is Cc1c(I)c(N)nn1C1CCCC1.Cl.Cl. The Morgan fingerprint density at radius 3 is 2.27 bits per heavy atom. The van der Waals surface area contributed by atoms with Crippen molar-refractivity contribution in [2.24, 2.45) is 0 Å². The molecule has 0 amide bonds. The Morgan fingerprint density at radius 1 is 1.33 bits per heavy atom. The number of nitrogens with zero attached hydrogens (tertiary/aromatic N) is 2. The lowest BCUT2D eigenvalue weighted by Gasteiger charge is -2.11. The smallest absolute Gasteiger partial charge is 0.159 e. The average Bonchev–Trinajstić information content (AvgIpc) is 2.70. The van der Waals surface area contributed by atoms with E-state index in [1.807, 2.05) is 0 Å². The van der Waals surface area contributed by atoms with Gasteiger partial charge in [-0.2, -0.15) is 5.10 Å². The van der Waals surface area contributed by atoms with E-state index in [-0.39, 0.29) is 24.8 Å². The zero-order valence-corrected chi connectivity index (χ0v) is 12.4. The van der Waals surface area contributed by atoms with Crippen molar-refractivity contribution >= 4 is 53.2 Å². The van der Waals surface area contributed by atoms with Gasteiger partial charge in [-0.1, -0.05) is 12.8 Å². The molecule has 1 aliphatic carbocycles. The van der Waals surface area contributed by atoms with Gasteiger partial charge in [-0.15, -0.1) is 24.8 Å². The highest BCUT2D eigenvalue weighted by atomic mass is 127. The third-order valence-electron chi connectivity index (χ3n) is 2.77. The van der Waals surface area contributed by atoms with E-state index >= 15 is 0 Å². The molecule has 0 atom stereocenters. The molecule has 0 aromatic carbocycles. The molecule has 1 fully saturated rings. The van der Waals surface area contributed by atoms with Crippen molar-refractivity contribution in [3.8, 4) is 0 Å². The quantitative estimate of drug-likeness (QED) is 0.777. The summed E-state index contributed by atoms with van der Waals surface area (Å²) >= 11 is 2.27. The lowest BCUT2D eigenvalue weighted by Crippen LogP contribution is -2.08. The molecule has 88 valence electrons. The monoisotopic (exact) mass is 363 g/mol. The lowest BCUT2D eigenvalue weighted by molar-refractivity contribution is 0.458. The number of halogens is 3. The van der Waals surface area contributed by atoms with Gasteiger partial charge in [0.15, 0.2) is 5.82 Å². The van der Waals surface area contributed by atoms with Crippen molar-refractivity contribution in [1.29, 1.82) is 0 Å². The van der Waals surface area contributed by atoms with E-state index in [1.54, 1.807) is 0 Å². The van der Waals surface area contributed by atoms with Crippen LogP contribution in [0.25, 0.3) is 0 Å². The fraction of sp³-hybridized carbons (Fsp3) is 0.667. The molecule has 0 saturated heterocycles. The minimum atomic E-state index is 0. The highest BCUT2D eigenvalue weighted by Crippen LogP contribution is 2.32. The number of hydrogen-bond donors (Lipinski definition) is 1. The molecule has 0 spiro atoms. The first-order valence-corrected chi connectivity index (χ1v) is 5.78. The van der Waals surface area contributed by atoms with Gasteiger partial charge in [0.25, 0.3) is 0 Å².